The zero-order valence-corrected chi connectivity index (χ0v) is 9.27. The highest BCUT2D eigenvalue weighted by Crippen LogP contribution is 2.18. The maximum absolute atomic E-state index is 5.67. The molecule has 0 aliphatic carbocycles. The molecule has 0 bridgehead atoms. The summed E-state index contributed by atoms with van der Waals surface area (Å²) in [6.07, 6.45) is 4.42. The Labute approximate surface area is 95.3 Å². The predicted molar refractivity (Wildman–Crippen MR) is 67.8 cm³/mol. The van der Waals surface area contributed by atoms with Crippen molar-refractivity contribution < 1.29 is 0 Å². The molecule has 0 spiro atoms. The molecule has 0 amide bonds. The summed E-state index contributed by atoms with van der Waals surface area (Å²) in [7, 11) is 0. The topological polar surface area (TPSA) is 50.9 Å². The highest BCUT2D eigenvalue weighted by Gasteiger charge is 1.96. The van der Waals surface area contributed by atoms with E-state index in [4.69, 9.17) is 5.73 Å². The maximum atomic E-state index is 5.67. The van der Waals surface area contributed by atoms with Crippen LogP contribution in [0.2, 0.25) is 0 Å². The molecule has 3 nitrogen and oxygen atoms in total. The number of aryl methyl sites for hydroxylation is 1. The molecule has 0 saturated heterocycles. The lowest BCUT2D eigenvalue weighted by molar-refractivity contribution is 1.14. The number of nitrogens with two attached hydrogens (primary N) is 1. The van der Waals surface area contributed by atoms with Gasteiger partial charge in [0, 0.05) is 11.9 Å². The summed E-state index contributed by atoms with van der Waals surface area (Å²) >= 11 is 0. The molecule has 2 rings (SSSR count). The van der Waals surface area contributed by atoms with Gasteiger partial charge in [0.1, 0.15) is 0 Å². The second kappa shape index (κ2) is 4.66. The van der Waals surface area contributed by atoms with Gasteiger partial charge in [0.05, 0.1) is 17.6 Å². The van der Waals surface area contributed by atoms with Gasteiger partial charge >= 0.3 is 0 Å². The summed E-state index contributed by atoms with van der Waals surface area (Å²) < 4.78 is 0. The van der Waals surface area contributed by atoms with E-state index in [1.807, 2.05) is 18.2 Å². The molecule has 0 aliphatic heterocycles. The van der Waals surface area contributed by atoms with Crippen LogP contribution >= 0.6 is 0 Å². The largest absolute Gasteiger partial charge is 0.397 e. The van der Waals surface area contributed by atoms with Crippen molar-refractivity contribution in [2.45, 2.75) is 13.3 Å². The fourth-order valence-electron chi connectivity index (χ4n) is 1.56. The normalized spacial score (nSPS) is 10.1. The minimum absolute atomic E-state index is 0.664. The summed E-state index contributed by atoms with van der Waals surface area (Å²) in [5.74, 6) is 0. The van der Waals surface area contributed by atoms with Crippen LogP contribution < -0.4 is 11.1 Å². The lowest BCUT2D eigenvalue weighted by Gasteiger charge is -2.07. The van der Waals surface area contributed by atoms with Gasteiger partial charge in [-0.25, -0.2) is 0 Å². The monoisotopic (exact) mass is 213 g/mol. The van der Waals surface area contributed by atoms with Crippen molar-refractivity contribution in [3.63, 3.8) is 0 Å². The third-order valence-corrected chi connectivity index (χ3v) is 2.38. The molecule has 0 fully saturated rings. The van der Waals surface area contributed by atoms with Crippen LogP contribution in [0.25, 0.3) is 0 Å². The third kappa shape index (κ3) is 2.51. The van der Waals surface area contributed by atoms with Crippen molar-refractivity contribution in [1.82, 2.24) is 4.98 Å². The van der Waals surface area contributed by atoms with Crippen molar-refractivity contribution in [1.29, 1.82) is 0 Å². The van der Waals surface area contributed by atoms with Crippen LogP contribution in [-0.2, 0) is 6.42 Å². The first-order valence-corrected chi connectivity index (χ1v) is 5.34. The summed E-state index contributed by atoms with van der Waals surface area (Å²) in [5, 5.41) is 3.28. The molecule has 0 unspecified atom stereocenters. The van der Waals surface area contributed by atoms with Gasteiger partial charge in [-0.1, -0.05) is 19.1 Å². The second-order valence-corrected chi connectivity index (χ2v) is 3.69. The molecule has 0 saturated carbocycles. The zero-order valence-electron chi connectivity index (χ0n) is 9.27. The lowest BCUT2D eigenvalue weighted by Crippen LogP contribution is -1.94. The Kier molecular flexibility index (Phi) is 3.05. The molecule has 16 heavy (non-hydrogen) atoms. The molecule has 1 aromatic carbocycles. The molecule has 1 aromatic heterocycles. The number of aromatic nitrogens is 1. The minimum Gasteiger partial charge on any atom is -0.397 e. The summed E-state index contributed by atoms with van der Waals surface area (Å²) in [5.41, 5.74) is 9.61. The van der Waals surface area contributed by atoms with Crippen LogP contribution in [0.15, 0.2) is 42.7 Å². The molecule has 1 heterocycles. The number of anilines is 3. The highest BCUT2D eigenvalue weighted by molar-refractivity contribution is 5.62. The number of benzene rings is 1. The van der Waals surface area contributed by atoms with E-state index in [0.717, 1.165) is 17.8 Å². The van der Waals surface area contributed by atoms with Crippen LogP contribution in [-0.4, -0.2) is 4.98 Å². The summed E-state index contributed by atoms with van der Waals surface area (Å²) in [6, 6.07) is 10.2. The third-order valence-electron chi connectivity index (χ3n) is 2.38. The Morgan fingerprint density at radius 3 is 2.81 bits per heavy atom. The summed E-state index contributed by atoms with van der Waals surface area (Å²) in [4.78, 5) is 4.04. The number of nitrogens with zero attached hydrogens (tertiary/aromatic N) is 1. The van der Waals surface area contributed by atoms with E-state index in [2.05, 4.69) is 29.4 Å². The number of hydrogen-bond acceptors (Lipinski definition) is 3. The van der Waals surface area contributed by atoms with Crippen LogP contribution in [0.3, 0.4) is 0 Å². The van der Waals surface area contributed by atoms with Crippen LogP contribution in [0.4, 0.5) is 17.1 Å². The fourth-order valence-corrected chi connectivity index (χ4v) is 1.56. The van der Waals surface area contributed by atoms with Gasteiger partial charge in [0.15, 0.2) is 0 Å². The maximum Gasteiger partial charge on any atom is 0.0591 e. The van der Waals surface area contributed by atoms with E-state index in [9.17, 15) is 0 Å². The van der Waals surface area contributed by atoms with Gasteiger partial charge in [-0.15, -0.1) is 0 Å². The Morgan fingerprint density at radius 1 is 1.19 bits per heavy atom. The fraction of sp³-hybridized carbons (Fsp3) is 0.154. The first-order valence-electron chi connectivity index (χ1n) is 5.34. The van der Waals surface area contributed by atoms with Crippen LogP contribution in [0.5, 0.6) is 0 Å². The molecular formula is C13H15N3. The van der Waals surface area contributed by atoms with Gasteiger partial charge in [-0.2, -0.15) is 0 Å². The molecule has 0 atom stereocenters. The Hall–Kier alpha value is -2.03. The van der Waals surface area contributed by atoms with Crippen molar-refractivity contribution in [3.05, 3.63) is 48.3 Å². The predicted octanol–water partition coefficient (Wildman–Crippen LogP) is 2.97. The van der Waals surface area contributed by atoms with Crippen LogP contribution in [0, 0.1) is 0 Å². The van der Waals surface area contributed by atoms with Crippen molar-refractivity contribution in [2.24, 2.45) is 0 Å². The van der Waals surface area contributed by atoms with Gasteiger partial charge in [0.2, 0.25) is 0 Å². The standard InChI is InChI=1S/C13H15N3/c1-2-10-4-3-5-12(6-10)16-13-7-11(14)8-15-9-13/h3-9,16H,2,14H2,1H3. The van der Waals surface area contributed by atoms with E-state index >= 15 is 0 Å². The first-order chi connectivity index (χ1) is 7.78. The van der Waals surface area contributed by atoms with E-state index < -0.39 is 0 Å². The Balaban J connectivity index is 2.20. The van der Waals surface area contributed by atoms with Gasteiger partial charge in [0.25, 0.3) is 0 Å². The molecule has 2 aromatic rings. The summed E-state index contributed by atoms with van der Waals surface area (Å²) in [6.45, 7) is 2.14. The van der Waals surface area contributed by atoms with Gasteiger partial charge in [-0.3, -0.25) is 4.98 Å². The van der Waals surface area contributed by atoms with E-state index in [1.54, 1.807) is 12.4 Å². The average molecular weight is 213 g/mol. The molecule has 82 valence electrons. The van der Waals surface area contributed by atoms with Crippen molar-refractivity contribution in [3.8, 4) is 0 Å². The minimum atomic E-state index is 0.664. The smallest absolute Gasteiger partial charge is 0.0591 e. The highest BCUT2D eigenvalue weighted by atomic mass is 14.9. The average Bonchev–Trinajstić information content (AvgIpc) is 2.29. The number of rotatable bonds is 3. The van der Waals surface area contributed by atoms with E-state index in [1.165, 1.54) is 5.56 Å². The Morgan fingerprint density at radius 2 is 2.06 bits per heavy atom. The first kappa shape index (κ1) is 10.5. The molecule has 3 heteroatoms. The second-order valence-electron chi connectivity index (χ2n) is 3.69. The molecule has 0 aliphatic rings. The van der Waals surface area contributed by atoms with Gasteiger partial charge in [-0.05, 0) is 30.2 Å². The van der Waals surface area contributed by atoms with E-state index in [0.29, 0.717) is 5.69 Å². The number of nitrogen functional groups attached to an aromatic ring is 1. The van der Waals surface area contributed by atoms with Gasteiger partial charge < -0.3 is 11.1 Å². The number of pyridine rings is 1. The van der Waals surface area contributed by atoms with Crippen LogP contribution in [0.1, 0.15) is 12.5 Å². The molecule has 3 N–H and O–H groups in total. The van der Waals surface area contributed by atoms with Crippen molar-refractivity contribution in [2.75, 3.05) is 11.1 Å². The zero-order chi connectivity index (χ0) is 11.4. The van der Waals surface area contributed by atoms with Crippen molar-refractivity contribution >= 4 is 17.1 Å². The quantitative estimate of drug-likeness (QED) is 0.824. The number of hydrogen-bond donors (Lipinski definition) is 2. The SMILES string of the molecule is CCc1cccc(Nc2cncc(N)c2)c1. The Bertz CT molecular complexity index is 480. The lowest BCUT2D eigenvalue weighted by atomic mass is 10.1. The van der Waals surface area contributed by atoms with E-state index in [-0.39, 0.29) is 0 Å². The number of nitrogens with one attached hydrogen (secondary N) is 1. The molecular weight excluding hydrogens is 198 g/mol. The molecule has 0 radical (unpaired) electrons.